The molecule has 3 saturated heterocycles. The molecule has 8 nitrogen and oxygen atoms in total. The van der Waals surface area contributed by atoms with Crippen LogP contribution in [-0.4, -0.2) is 75.9 Å². The molecule has 3 fully saturated rings. The minimum absolute atomic E-state index is 0.0589. The molecule has 222 valence electrons. The molecule has 1 aliphatic carbocycles. The van der Waals surface area contributed by atoms with Gasteiger partial charge in [0.25, 0.3) is 0 Å². The Morgan fingerprint density at radius 1 is 1.07 bits per heavy atom. The molecule has 0 saturated carbocycles. The van der Waals surface area contributed by atoms with Gasteiger partial charge >= 0.3 is 5.97 Å². The van der Waals surface area contributed by atoms with Crippen LogP contribution in [0, 0.1) is 17.8 Å². The topological polar surface area (TPSA) is 115 Å². The average molecular weight is 559 g/mol. The van der Waals surface area contributed by atoms with Gasteiger partial charge < -0.3 is 34.3 Å². The fourth-order valence-electron chi connectivity index (χ4n) is 7.18. The van der Waals surface area contributed by atoms with Gasteiger partial charge in [0, 0.05) is 25.2 Å². The zero-order valence-electron chi connectivity index (χ0n) is 24.4. The minimum Gasteiger partial charge on any atom is -0.462 e. The van der Waals surface area contributed by atoms with Crippen LogP contribution in [-0.2, 0) is 23.7 Å². The summed E-state index contributed by atoms with van der Waals surface area (Å²) in [5.74, 6) is -2.20. The van der Waals surface area contributed by atoms with E-state index < -0.39 is 47.7 Å². The summed E-state index contributed by atoms with van der Waals surface area (Å²) in [4.78, 5) is 13.9. The van der Waals surface area contributed by atoms with Gasteiger partial charge in [0.1, 0.15) is 29.8 Å². The molecule has 0 amide bonds. The third-order valence-corrected chi connectivity index (χ3v) is 9.77. The van der Waals surface area contributed by atoms with Crippen molar-refractivity contribution < 1.29 is 39.1 Å². The van der Waals surface area contributed by atoms with Crippen molar-refractivity contribution in [1.29, 1.82) is 0 Å². The second-order valence-corrected chi connectivity index (χ2v) is 12.7. The first-order valence-corrected chi connectivity index (χ1v) is 15.0. The van der Waals surface area contributed by atoms with E-state index >= 15 is 0 Å². The number of rotatable bonds is 1. The predicted molar refractivity (Wildman–Crippen MR) is 149 cm³/mol. The summed E-state index contributed by atoms with van der Waals surface area (Å²) in [6.45, 7) is 9.98. The summed E-state index contributed by atoms with van der Waals surface area (Å²) in [6, 6.07) is 0. The number of ether oxygens (including phenoxy) is 4. The summed E-state index contributed by atoms with van der Waals surface area (Å²) in [6.07, 6.45) is 9.65. The number of carbonyl (C=O) groups excluding carboxylic acids is 1. The van der Waals surface area contributed by atoms with Crippen molar-refractivity contribution >= 4 is 5.97 Å². The molecule has 5 rings (SSSR count). The molecule has 5 aliphatic rings. The predicted octanol–water partition coefficient (Wildman–Crippen LogP) is 3.90. The van der Waals surface area contributed by atoms with Crippen molar-refractivity contribution in [3.63, 3.8) is 0 Å². The SMILES string of the molecule is CC[C@H]1O[C@]2(CC[C@@H]1C)C[C@@H]1C[C@@H](C/C=C(\C)[C@H](O)[C@@H](C)/C=C/C=C3\CO[C@@H]4[C@H](O)C(C)=C[C@@H](C(=O)O1)[C@]34O)O2. The zero-order chi connectivity index (χ0) is 28.8. The van der Waals surface area contributed by atoms with Gasteiger partial charge in [-0.25, -0.2) is 0 Å². The van der Waals surface area contributed by atoms with E-state index in [0.717, 1.165) is 18.4 Å². The molecule has 0 radical (unpaired) electrons. The number of hydrogen-bond donors (Lipinski definition) is 3. The molecule has 1 spiro atoms. The monoisotopic (exact) mass is 558 g/mol. The Bertz CT molecular complexity index is 1090. The van der Waals surface area contributed by atoms with Gasteiger partial charge in [0.2, 0.25) is 0 Å². The molecular weight excluding hydrogens is 512 g/mol. The zero-order valence-corrected chi connectivity index (χ0v) is 24.4. The molecule has 4 aliphatic heterocycles. The largest absolute Gasteiger partial charge is 0.462 e. The maximum atomic E-state index is 13.9. The maximum Gasteiger partial charge on any atom is 0.316 e. The Morgan fingerprint density at radius 3 is 2.60 bits per heavy atom. The molecule has 2 bridgehead atoms. The Morgan fingerprint density at radius 2 is 1.85 bits per heavy atom. The highest BCUT2D eigenvalue weighted by Gasteiger charge is 2.60. The van der Waals surface area contributed by atoms with Crippen LogP contribution in [0.3, 0.4) is 0 Å². The fourth-order valence-corrected chi connectivity index (χ4v) is 7.18. The molecule has 0 aromatic heterocycles. The van der Waals surface area contributed by atoms with E-state index in [1.807, 2.05) is 26.0 Å². The highest BCUT2D eigenvalue weighted by atomic mass is 16.7. The van der Waals surface area contributed by atoms with Gasteiger partial charge in [-0.2, -0.15) is 0 Å². The van der Waals surface area contributed by atoms with Crippen LogP contribution in [0.1, 0.15) is 73.1 Å². The molecule has 8 heteroatoms. The van der Waals surface area contributed by atoms with Crippen molar-refractivity contribution in [1.82, 2.24) is 0 Å². The standard InChI is InChI=1S/C32H46O8/c1-6-26-18(2)12-13-31(40-26)16-24-15-23(39-31)11-10-20(4)27(33)19(3)8-7-9-22-17-37-29-28(34)21(5)14-25(30(35)38-24)32(22,29)36/h7-10,14,18-19,23-29,33-34,36H,6,11-13,15-17H2,1-5H3/b8-7+,20-10+,22-9+/t18-,19-,23+,24-,25-,26+,27+,28+,29+,31+,32+/m0/s1. The molecule has 4 heterocycles. The molecule has 40 heavy (non-hydrogen) atoms. The van der Waals surface area contributed by atoms with Crippen LogP contribution in [0.4, 0.5) is 0 Å². The lowest BCUT2D eigenvalue weighted by atomic mass is 9.71. The number of esters is 1. The third kappa shape index (κ3) is 5.39. The van der Waals surface area contributed by atoms with Crippen LogP contribution in [0.5, 0.6) is 0 Å². The average Bonchev–Trinajstić information content (AvgIpc) is 3.26. The quantitative estimate of drug-likeness (QED) is 0.328. The van der Waals surface area contributed by atoms with Crippen molar-refractivity contribution in [3.05, 3.63) is 47.1 Å². The second-order valence-electron chi connectivity index (χ2n) is 12.7. The van der Waals surface area contributed by atoms with E-state index in [2.05, 4.69) is 13.8 Å². The van der Waals surface area contributed by atoms with Gasteiger partial charge in [-0.15, -0.1) is 0 Å². The summed E-state index contributed by atoms with van der Waals surface area (Å²) in [5.41, 5.74) is 0.159. The number of fused-ring (bicyclic) bond motifs is 2. The number of hydrogen-bond acceptors (Lipinski definition) is 8. The van der Waals surface area contributed by atoms with Gasteiger partial charge in [0.15, 0.2) is 5.79 Å². The third-order valence-electron chi connectivity index (χ3n) is 9.77. The molecule has 0 aromatic carbocycles. The Hall–Kier alpha value is -1.81. The second kappa shape index (κ2) is 11.5. The van der Waals surface area contributed by atoms with Gasteiger partial charge in [-0.05, 0) is 55.7 Å². The number of aliphatic hydroxyl groups excluding tert-OH is 2. The highest BCUT2D eigenvalue weighted by molar-refractivity contribution is 5.78. The van der Waals surface area contributed by atoms with Gasteiger partial charge in [0.05, 0.1) is 24.9 Å². The first kappa shape index (κ1) is 29.7. The van der Waals surface area contributed by atoms with Gasteiger partial charge in [-0.1, -0.05) is 51.2 Å². The molecule has 0 aromatic rings. The van der Waals surface area contributed by atoms with E-state index in [4.69, 9.17) is 18.9 Å². The van der Waals surface area contributed by atoms with Crippen molar-refractivity contribution in [2.75, 3.05) is 6.61 Å². The number of aliphatic hydroxyl groups is 3. The number of carbonyl (C=O) groups is 1. The molecule has 0 unspecified atom stereocenters. The summed E-state index contributed by atoms with van der Waals surface area (Å²) in [5, 5.41) is 33.9. The minimum atomic E-state index is -1.75. The van der Waals surface area contributed by atoms with E-state index in [1.54, 1.807) is 25.2 Å². The summed E-state index contributed by atoms with van der Waals surface area (Å²) >= 11 is 0. The highest BCUT2D eigenvalue weighted by Crippen LogP contribution is 2.47. The van der Waals surface area contributed by atoms with E-state index in [-0.39, 0.29) is 24.7 Å². The molecular formula is C32H46O8. The van der Waals surface area contributed by atoms with Crippen molar-refractivity contribution in [3.8, 4) is 0 Å². The Labute approximate surface area is 237 Å². The fraction of sp³-hybridized carbons (Fsp3) is 0.719. The normalized spacial score (nSPS) is 49.6. The van der Waals surface area contributed by atoms with Gasteiger partial charge in [-0.3, -0.25) is 4.79 Å². The first-order valence-electron chi connectivity index (χ1n) is 15.0. The van der Waals surface area contributed by atoms with Crippen LogP contribution in [0.15, 0.2) is 47.1 Å². The van der Waals surface area contributed by atoms with E-state index in [0.29, 0.717) is 42.7 Å². The van der Waals surface area contributed by atoms with Crippen LogP contribution < -0.4 is 0 Å². The van der Waals surface area contributed by atoms with Crippen molar-refractivity contribution in [2.45, 2.75) is 121 Å². The lowest BCUT2D eigenvalue weighted by molar-refractivity contribution is -0.335. The maximum absolute atomic E-state index is 13.9. The molecule has 11 atom stereocenters. The van der Waals surface area contributed by atoms with Crippen LogP contribution in [0.2, 0.25) is 0 Å². The summed E-state index contributed by atoms with van der Waals surface area (Å²) in [7, 11) is 0. The smallest absolute Gasteiger partial charge is 0.316 e. The Kier molecular flexibility index (Phi) is 8.50. The summed E-state index contributed by atoms with van der Waals surface area (Å²) < 4.78 is 25.3. The first-order chi connectivity index (χ1) is 19.0. The van der Waals surface area contributed by atoms with E-state index in [1.165, 1.54) is 0 Å². The Balaban J connectivity index is 1.53. The van der Waals surface area contributed by atoms with Crippen LogP contribution in [0.25, 0.3) is 0 Å². The lowest BCUT2D eigenvalue weighted by Gasteiger charge is -2.50. The van der Waals surface area contributed by atoms with E-state index in [9.17, 15) is 20.1 Å². The van der Waals surface area contributed by atoms with Crippen LogP contribution >= 0.6 is 0 Å². The van der Waals surface area contributed by atoms with Crippen molar-refractivity contribution in [2.24, 2.45) is 17.8 Å². The molecule has 3 N–H and O–H groups in total. The number of allylic oxidation sites excluding steroid dienone is 2. The lowest BCUT2D eigenvalue weighted by Crippen LogP contribution is -2.58.